The predicted molar refractivity (Wildman–Crippen MR) is 142 cm³/mol. The molecule has 11 heteroatoms. The molecule has 0 unspecified atom stereocenters. The van der Waals surface area contributed by atoms with Gasteiger partial charge in [-0.3, -0.25) is 10.1 Å². The first-order chi connectivity index (χ1) is 17.2. The third-order valence-electron chi connectivity index (χ3n) is 4.75. The molecule has 180 valence electrons. The monoisotopic (exact) mass is 630 g/mol. The van der Waals surface area contributed by atoms with Crippen molar-refractivity contribution >= 4 is 79.1 Å². The van der Waals surface area contributed by atoms with E-state index in [1.165, 1.54) is 30.4 Å². The number of hydrogen-bond acceptors (Lipinski definition) is 7. The van der Waals surface area contributed by atoms with Crippen molar-refractivity contribution in [3.63, 3.8) is 0 Å². The molecule has 1 heterocycles. The van der Waals surface area contributed by atoms with Gasteiger partial charge in [0, 0.05) is 28.2 Å². The van der Waals surface area contributed by atoms with Crippen LogP contribution in [-0.2, 0) is 14.3 Å². The number of benzene rings is 3. The van der Waals surface area contributed by atoms with Crippen molar-refractivity contribution < 1.29 is 24.0 Å². The highest BCUT2D eigenvalue weighted by atomic mass is 79.9. The van der Waals surface area contributed by atoms with Crippen LogP contribution in [0, 0.1) is 10.1 Å². The van der Waals surface area contributed by atoms with Crippen molar-refractivity contribution in [2.75, 3.05) is 0 Å². The van der Waals surface area contributed by atoms with Crippen LogP contribution in [0.25, 0.3) is 12.2 Å². The second-order valence-corrected chi connectivity index (χ2v) is 9.41. The van der Waals surface area contributed by atoms with Crippen molar-refractivity contribution in [1.82, 2.24) is 0 Å². The van der Waals surface area contributed by atoms with Crippen LogP contribution >= 0.6 is 43.5 Å². The molecular weight excluding hydrogens is 620 g/mol. The molecular formula is C25H13Br2ClN2O6. The highest BCUT2D eigenvalue weighted by Crippen LogP contribution is 2.35. The van der Waals surface area contributed by atoms with Crippen molar-refractivity contribution in [3.8, 4) is 5.75 Å². The zero-order valence-electron chi connectivity index (χ0n) is 18.0. The number of aliphatic imine (C=N–C) groups is 1. The number of ether oxygens (including phenoxy) is 2. The van der Waals surface area contributed by atoms with Gasteiger partial charge in [0.15, 0.2) is 11.4 Å². The van der Waals surface area contributed by atoms with Gasteiger partial charge in [-0.15, -0.1) is 0 Å². The number of esters is 2. The third-order valence-corrected chi connectivity index (χ3v) is 6.13. The van der Waals surface area contributed by atoms with Crippen molar-refractivity contribution in [3.05, 3.63) is 113 Å². The maximum atomic E-state index is 12.5. The lowest BCUT2D eigenvalue weighted by atomic mass is 10.1. The first kappa shape index (κ1) is 25.5. The standard InChI is InChI=1S/C25H13Br2ClN2O6/c26-16-11-15(12-21-25(32)36-24(29-21)18-6-1-2-7-20(18)28)23(19(27)13-16)35-22(31)9-8-14-4-3-5-17(10-14)30(33)34/h1-13H/b9-8+,21-12-. The van der Waals surface area contributed by atoms with Crippen LogP contribution in [0.1, 0.15) is 16.7 Å². The Kier molecular flexibility index (Phi) is 7.78. The Morgan fingerprint density at radius 1 is 1.11 bits per heavy atom. The number of nitro groups is 1. The van der Waals surface area contributed by atoms with E-state index in [0.717, 1.165) is 6.08 Å². The van der Waals surface area contributed by atoms with Gasteiger partial charge in [0.25, 0.3) is 5.69 Å². The molecule has 0 saturated heterocycles. The molecule has 0 aliphatic carbocycles. The highest BCUT2D eigenvalue weighted by molar-refractivity contribution is 9.11. The molecule has 8 nitrogen and oxygen atoms in total. The van der Waals surface area contributed by atoms with E-state index in [1.54, 1.807) is 42.5 Å². The molecule has 0 saturated carbocycles. The molecule has 1 aliphatic rings. The van der Waals surface area contributed by atoms with Gasteiger partial charge < -0.3 is 9.47 Å². The molecule has 0 amide bonds. The van der Waals surface area contributed by atoms with Crippen molar-refractivity contribution in [2.24, 2.45) is 4.99 Å². The summed E-state index contributed by atoms with van der Waals surface area (Å²) in [7, 11) is 0. The molecule has 0 fully saturated rings. The summed E-state index contributed by atoms with van der Waals surface area (Å²) in [6.07, 6.45) is 3.96. The normalized spacial score (nSPS) is 14.1. The summed E-state index contributed by atoms with van der Waals surface area (Å²) in [6, 6.07) is 15.9. The summed E-state index contributed by atoms with van der Waals surface area (Å²) in [6.45, 7) is 0. The quantitative estimate of drug-likeness (QED) is 0.0980. The Bertz CT molecular complexity index is 1500. The molecule has 0 N–H and O–H groups in total. The molecule has 1 aliphatic heterocycles. The number of cyclic esters (lactones) is 1. The van der Waals surface area contributed by atoms with Gasteiger partial charge >= 0.3 is 11.9 Å². The van der Waals surface area contributed by atoms with E-state index in [2.05, 4.69) is 36.9 Å². The summed E-state index contributed by atoms with van der Waals surface area (Å²) < 4.78 is 11.9. The SMILES string of the molecule is O=C(/C=C/c1cccc([N+](=O)[O-])c1)Oc1c(Br)cc(Br)cc1/C=C1\N=C(c2ccccc2Cl)OC1=O. The highest BCUT2D eigenvalue weighted by Gasteiger charge is 2.26. The smallest absolute Gasteiger partial charge is 0.363 e. The molecule has 3 aromatic rings. The second kappa shape index (κ2) is 11.0. The Hall–Kier alpha value is -3.60. The van der Waals surface area contributed by atoms with Crippen molar-refractivity contribution in [2.45, 2.75) is 0 Å². The summed E-state index contributed by atoms with van der Waals surface area (Å²) in [5.74, 6) is -1.24. The van der Waals surface area contributed by atoms with Gasteiger partial charge in [0.1, 0.15) is 0 Å². The third kappa shape index (κ3) is 5.96. The number of rotatable bonds is 6. The number of carbonyl (C=O) groups excluding carboxylic acids is 2. The summed E-state index contributed by atoms with van der Waals surface area (Å²) in [5.41, 5.74) is 1.16. The summed E-state index contributed by atoms with van der Waals surface area (Å²) >= 11 is 12.9. The van der Waals surface area contributed by atoms with E-state index < -0.39 is 16.9 Å². The van der Waals surface area contributed by atoms with E-state index in [-0.39, 0.29) is 23.0 Å². The number of nitro benzene ring substituents is 1. The first-order valence-electron chi connectivity index (χ1n) is 10.1. The average molecular weight is 633 g/mol. The topological polar surface area (TPSA) is 108 Å². The van der Waals surface area contributed by atoms with Gasteiger partial charge in [0.2, 0.25) is 5.90 Å². The van der Waals surface area contributed by atoms with E-state index >= 15 is 0 Å². The van der Waals surface area contributed by atoms with Crippen LogP contribution in [0.2, 0.25) is 5.02 Å². The van der Waals surface area contributed by atoms with Crippen LogP contribution in [0.3, 0.4) is 0 Å². The van der Waals surface area contributed by atoms with Crippen LogP contribution in [0.5, 0.6) is 5.75 Å². The molecule has 4 rings (SSSR count). The Morgan fingerprint density at radius 3 is 2.64 bits per heavy atom. The fourth-order valence-electron chi connectivity index (χ4n) is 3.14. The lowest BCUT2D eigenvalue weighted by Crippen LogP contribution is -2.07. The number of non-ortho nitro benzene ring substituents is 1. The molecule has 0 aromatic heterocycles. The zero-order valence-corrected chi connectivity index (χ0v) is 21.9. The second-order valence-electron chi connectivity index (χ2n) is 7.23. The lowest BCUT2D eigenvalue weighted by Gasteiger charge is -2.09. The first-order valence-corrected chi connectivity index (χ1v) is 12.1. The van der Waals surface area contributed by atoms with E-state index in [0.29, 0.717) is 30.7 Å². The van der Waals surface area contributed by atoms with Gasteiger partial charge in [-0.2, -0.15) is 0 Å². The Labute approximate surface area is 226 Å². The van der Waals surface area contributed by atoms with E-state index in [4.69, 9.17) is 21.1 Å². The molecule has 3 aromatic carbocycles. The van der Waals surface area contributed by atoms with E-state index in [1.807, 2.05) is 0 Å². The molecule has 0 spiro atoms. The molecule has 36 heavy (non-hydrogen) atoms. The van der Waals surface area contributed by atoms with Gasteiger partial charge in [-0.1, -0.05) is 51.8 Å². The molecule has 0 radical (unpaired) electrons. The van der Waals surface area contributed by atoms with E-state index in [9.17, 15) is 19.7 Å². The average Bonchev–Trinajstić information content (AvgIpc) is 3.20. The minimum absolute atomic E-state index is 0.0145. The predicted octanol–water partition coefficient (Wildman–Crippen LogP) is 6.74. The molecule has 0 atom stereocenters. The van der Waals surface area contributed by atoms with Crippen LogP contribution in [-0.4, -0.2) is 22.8 Å². The summed E-state index contributed by atoms with van der Waals surface area (Å²) in [5, 5.41) is 11.3. The fourth-order valence-corrected chi connectivity index (χ4v) is 4.70. The van der Waals surface area contributed by atoms with Gasteiger partial charge in [-0.25, -0.2) is 14.6 Å². The van der Waals surface area contributed by atoms with Crippen LogP contribution in [0.15, 0.2) is 86.4 Å². The van der Waals surface area contributed by atoms with Crippen LogP contribution in [0.4, 0.5) is 5.69 Å². The Balaban J connectivity index is 1.62. The van der Waals surface area contributed by atoms with Gasteiger partial charge in [-0.05, 0) is 57.9 Å². The maximum Gasteiger partial charge on any atom is 0.363 e. The molecule has 0 bridgehead atoms. The van der Waals surface area contributed by atoms with Crippen LogP contribution < -0.4 is 4.74 Å². The zero-order chi connectivity index (χ0) is 25.8. The fraction of sp³-hybridized carbons (Fsp3) is 0. The summed E-state index contributed by atoms with van der Waals surface area (Å²) in [4.78, 5) is 39.7. The minimum Gasteiger partial charge on any atom is -0.422 e. The Morgan fingerprint density at radius 2 is 1.89 bits per heavy atom. The number of nitrogens with zero attached hydrogens (tertiary/aromatic N) is 2. The number of carbonyl (C=O) groups is 2. The number of hydrogen-bond donors (Lipinski definition) is 0. The van der Waals surface area contributed by atoms with Crippen molar-refractivity contribution in [1.29, 1.82) is 0 Å². The largest absolute Gasteiger partial charge is 0.422 e. The number of halogens is 3. The lowest BCUT2D eigenvalue weighted by molar-refractivity contribution is -0.384. The van der Waals surface area contributed by atoms with Gasteiger partial charge in [0.05, 0.1) is 20.0 Å². The maximum absolute atomic E-state index is 12.5. The minimum atomic E-state index is -0.738.